The van der Waals surface area contributed by atoms with E-state index in [1.165, 1.54) is 12.1 Å². The summed E-state index contributed by atoms with van der Waals surface area (Å²) < 4.78 is 52.0. The van der Waals surface area contributed by atoms with Crippen LogP contribution < -0.4 is 15.6 Å². The largest absolute Gasteiger partial charge is 0.494 e. The SMILES string of the molecule is O=C(CNCCCOc1ccc(F)cc1)N1CCc2nc(C3CCC3)n(-c3ccccc3)c(=O)c2C1S.O=C(O)C(F)(F)F. The molecule has 1 aromatic heterocycles. The molecule has 44 heavy (non-hydrogen) atoms. The lowest BCUT2D eigenvalue weighted by molar-refractivity contribution is -0.192. The van der Waals surface area contributed by atoms with E-state index in [9.17, 15) is 27.2 Å². The van der Waals surface area contributed by atoms with Crippen molar-refractivity contribution in [2.75, 3.05) is 26.2 Å². The van der Waals surface area contributed by atoms with Gasteiger partial charge in [0.05, 0.1) is 30.1 Å². The van der Waals surface area contributed by atoms with E-state index in [2.05, 4.69) is 5.32 Å². The fourth-order valence-electron chi connectivity index (χ4n) is 4.79. The third-order valence-electron chi connectivity index (χ3n) is 7.27. The van der Waals surface area contributed by atoms with E-state index in [0.717, 1.165) is 36.5 Å². The molecular formula is C30H32F4N4O5S. The van der Waals surface area contributed by atoms with E-state index in [4.69, 9.17) is 32.3 Å². The fraction of sp³-hybridized carbons (Fsp3) is 0.400. The second-order valence-electron chi connectivity index (χ2n) is 10.3. The molecule has 1 fully saturated rings. The van der Waals surface area contributed by atoms with Crippen LogP contribution >= 0.6 is 12.6 Å². The third kappa shape index (κ3) is 8.17. The number of ether oxygens (including phenoxy) is 1. The molecule has 2 N–H and O–H groups in total. The first-order valence-corrected chi connectivity index (χ1v) is 14.6. The number of thiol groups is 1. The number of carbonyl (C=O) groups is 2. The predicted octanol–water partition coefficient (Wildman–Crippen LogP) is 4.64. The number of nitrogens with zero attached hydrogens (tertiary/aromatic N) is 3. The molecular weight excluding hydrogens is 604 g/mol. The van der Waals surface area contributed by atoms with Gasteiger partial charge in [-0.3, -0.25) is 14.2 Å². The first-order valence-electron chi connectivity index (χ1n) is 14.0. The van der Waals surface area contributed by atoms with Gasteiger partial charge in [-0.2, -0.15) is 13.2 Å². The van der Waals surface area contributed by atoms with Crippen LogP contribution in [0, 0.1) is 5.82 Å². The topological polar surface area (TPSA) is 114 Å². The average Bonchev–Trinajstić information content (AvgIpc) is 2.95. The van der Waals surface area contributed by atoms with Gasteiger partial charge in [-0.1, -0.05) is 24.6 Å². The van der Waals surface area contributed by atoms with Crippen molar-refractivity contribution in [2.45, 2.75) is 49.6 Å². The van der Waals surface area contributed by atoms with Crippen molar-refractivity contribution >= 4 is 24.5 Å². The number of amides is 1. The van der Waals surface area contributed by atoms with Gasteiger partial charge in [0.2, 0.25) is 5.91 Å². The second-order valence-corrected chi connectivity index (χ2v) is 10.8. The third-order valence-corrected chi connectivity index (χ3v) is 7.81. The summed E-state index contributed by atoms with van der Waals surface area (Å²) in [6.07, 6.45) is -0.641. The molecule has 1 saturated carbocycles. The molecule has 9 nitrogen and oxygen atoms in total. The van der Waals surface area contributed by atoms with E-state index in [1.54, 1.807) is 21.6 Å². The molecule has 3 aromatic rings. The lowest BCUT2D eigenvalue weighted by Gasteiger charge is -2.35. The standard InChI is InChI=1S/C28H31FN4O3S.C2HF3O2/c29-20-10-12-22(13-11-20)36-17-5-15-30-18-24(34)32-16-14-23-25(28(32)37)27(35)33(21-8-2-1-3-9-21)26(31-23)19-6-4-7-19;3-2(4,5)1(6)7/h1-3,8-13,19,28,30,37H,4-7,14-18H2;(H,6,7). The fourth-order valence-corrected chi connectivity index (χ4v) is 5.30. The van der Waals surface area contributed by atoms with Crippen LogP contribution in [-0.2, 0) is 16.0 Å². The smallest absolute Gasteiger partial charge is 0.490 e. The van der Waals surface area contributed by atoms with Crippen molar-refractivity contribution in [3.63, 3.8) is 0 Å². The quantitative estimate of drug-likeness (QED) is 0.178. The highest BCUT2D eigenvalue weighted by Crippen LogP contribution is 2.37. The zero-order valence-electron chi connectivity index (χ0n) is 23.6. The number of para-hydroxylation sites is 1. The Hall–Kier alpha value is -3.91. The average molecular weight is 637 g/mol. The summed E-state index contributed by atoms with van der Waals surface area (Å²) in [6, 6.07) is 15.5. The number of halogens is 4. The molecule has 1 amide bonds. The first kappa shape index (κ1) is 33.0. The van der Waals surface area contributed by atoms with Crippen LogP contribution in [0.2, 0.25) is 0 Å². The molecule has 1 unspecified atom stereocenters. The summed E-state index contributed by atoms with van der Waals surface area (Å²) in [6.45, 7) is 1.65. The maximum absolute atomic E-state index is 13.8. The van der Waals surface area contributed by atoms with Gasteiger partial charge in [0.15, 0.2) is 0 Å². The molecule has 2 aliphatic rings. The van der Waals surface area contributed by atoms with Gasteiger partial charge < -0.3 is 20.1 Å². The molecule has 1 aliphatic carbocycles. The predicted molar refractivity (Wildman–Crippen MR) is 157 cm³/mol. The normalized spacial score (nSPS) is 16.3. The number of carboxylic acids is 1. The molecule has 0 radical (unpaired) electrons. The number of carbonyl (C=O) groups excluding carboxylic acids is 1. The zero-order valence-corrected chi connectivity index (χ0v) is 24.5. The van der Waals surface area contributed by atoms with Crippen molar-refractivity contribution in [1.29, 1.82) is 0 Å². The van der Waals surface area contributed by atoms with E-state index < -0.39 is 17.5 Å². The van der Waals surface area contributed by atoms with Crippen molar-refractivity contribution in [1.82, 2.24) is 19.8 Å². The summed E-state index contributed by atoms with van der Waals surface area (Å²) in [7, 11) is 0. The van der Waals surface area contributed by atoms with Crippen molar-refractivity contribution in [2.24, 2.45) is 0 Å². The van der Waals surface area contributed by atoms with Gasteiger partial charge in [0.25, 0.3) is 5.56 Å². The molecule has 0 spiro atoms. The monoisotopic (exact) mass is 636 g/mol. The number of nitrogens with one attached hydrogen (secondary N) is 1. The van der Waals surface area contributed by atoms with Crippen LogP contribution in [0.1, 0.15) is 54.1 Å². The molecule has 14 heteroatoms. The number of fused-ring (bicyclic) bond motifs is 1. The number of benzene rings is 2. The highest BCUT2D eigenvalue weighted by molar-refractivity contribution is 7.80. The zero-order chi connectivity index (χ0) is 31.9. The highest BCUT2D eigenvalue weighted by atomic mass is 32.1. The van der Waals surface area contributed by atoms with Crippen LogP contribution in [-0.4, -0.2) is 63.9 Å². The molecule has 0 bridgehead atoms. The van der Waals surface area contributed by atoms with Gasteiger partial charge in [-0.05, 0) is 62.2 Å². The van der Waals surface area contributed by atoms with Crippen LogP contribution in [0.15, 0.2) is 59.4 Å². The van der Waals surface area contributed by atoms with Crippen molar-refractivity contribution < 1.29 is 37.0 Å². The Morgan fingerprint density at radius 3 is 2.34 bits per heavy atom. The van der Waals surface area contributed by atoms with E-state index >= 15 is 0 Å². The minimum absolute atomic E-state index is 0.112. The first-order chi connectivity index (χ1) is 21.0. The van der Waals surface area contributed by atoms with Crippen molar-refractivity contribution in [3.8, 4) is 11.4 Å². The second kappa shape index (κ2) is 14.7. The van der Waals surface area contributed by atoms with Gasteiger partial charge in [-0.25, -0.2) is 14.2 Å². The Bertz CT molecular complexity index is 1500. The molecule has 1 aliphatic heterocycles. The van der Waals surface area contributed by atoms with E-state index in [1.807, 2.05) is 30.3 Å². The minimum Gasteiger partial charge on any atom is -0.494 e. The summed E-state index contributed by atoms with van der Waals surface area (Å²) in [5.74, 6) is -1.45. The van der Waals surface area contributed by atoms with Gasteiger partial charge >= 0.3 is 12.1 Å². The van der Waals surface area contributed by atoms with Gasteiger partial charge in [-0.15, -0.1) is 12.6 Å². The Morgan fingerprint density at radius 2 is 1.75 bits per heavy atom. The van der Waals surface area contributed by atoms with Gasteiger partial charge in [0, 0.05) is 18.9 Å². The van der Waals surface area contributed by atoms with Crippen LogP contribution in [0.3, 0.4) is 0 Å². The molecule has 5 rings (SSSR count). The number of aromatic nitrogens is 2. The molecule has 2 heterocycles. The number of rotatable bonds is 9. The molecule has 2 aromatic carbocycles. The highest BCUT2D eigenvalue weighted by Gasteiger charge is 2.38. The summed E-state index contributed by atoms with van der Waals surface area (Å²) in [5, 5.41) is 9.63. The van der Waals surface area contributed by atoms with E-state index in [-0.39, 0.29) is 29.7 Å². The minimum atomic E-state index is -5.08. The molecule has 0 saturated heterocycles. The lowest BCUT2D eigenvalue weighted by atomic mass is 9.84. The number of carboxylic acid groups (broad SMARTS) is 1. The number of hydrogen-bond acceptors (Lipinski definition) is 7. The number of alkyl halides is 3. The van der Waals surface area contributed by atoms with Crippen LogP contribution in [0.25, 0.3) is 5.69 Å². The van der Waals surface area contributed by atoms with Gasteiger partial charge in [0.1, 0.15) is 22.8 Å². The number of aliphatic carboxylic acids is 1. The van der Waals surface area contributed by atoms with E-state index in [0.29, 0.717) is 43.9 Å². The summed E-state index contributed by atoms with van der Waals surface area (Å²) >= 11 is 4.73. The molecule has 236 valence electrons. The maximum atomic E-state index is 13.8. The van der Waals surface area contributed by atoms with Crippen LogP contribution in [0.4, 0.5) is 17.6 Å². The van der Waals surface area contributed by atoms with Crippen LogP contribution in [0.5, 0.6) is 5.75 Å². The Morgan fingerprint density at radius 1 is 1.09 bits per heavy atom. The Kier molecular flexibility index (Phi) is 11.0. The Labute approximate surface area is 256 Å². The molecule has 1 atom stereocenters. The lowest BCUT2D eigenvalue weighted by Crippen LogP contribution is -2.46. The Balaban J connectivity index is 0.000000566. The maximum Gasteiger partial charge on any atom is 0.490 e. The summed E-state index contributed by atoms with van der Waals surface area (Å²) in [4.78, 5) is 42.3. The number of hydrogen-bond donors (Lipinski definition) is 3. The van der Waals surface area contributed by atoms with Crippen molar-refractivity contribution in [3.05, 3.63) is 87.9 Å². The summed E-state index contributed by atoms with van der Waals surface area (Å²) in [5.41, 5.74) is 1.90.